The minimum atomic E-state index is 0.453. The van der Waals surface area contributed by atoms with E-state index in [9.17, 15) is 0 Å². The van der Waals surface area contributed by atoms with E-state index in [0.717, 1.165) is 16.5 Å². The lowest BCUT2D eigenvalue weighted by Crippen LogP contribution is -2.00. The van der Waals surface area contributed by atoms with Gasteiger partial charge in [0.05, 0.1) is 0 Å². The van der Waals surface area contributed by atoms with Crippen molar-refractivity contribution in [2.75, 3.05) is 17.3 Å². The molecule has 0 atom stereocenters. The molecule has 100 valence electrons. The number of nitrogens with two attached hydrogens (primary N) is 1. The highest BCUT2D eigenvalue weighted by Gasteiger charge is 2.05. The van der Waals surface area contributed by atoms with Crippen molar-refractivity contribution in [3.8, 4) is 0 Å². The molecule has 0 bridgehead atoms. The highest BCUT2D eigenvalue weighted by atomic mass is 32.2. The van der Waals surface area contributed by atoms with Crippen molar-refractivity contribution in [1.29, 1.82) is 0 Å². The van der Waals surface area contributed by atoms with Gasteiger partial charge in [-0.3, -0.25) is 4.98 Å². The third kappa shape index (κ3) is 2.50. The molecule has 0 saturated heterocycles. The number of benzene rings is 1. The molecule has 2 aromatic heterocycles. The van der Waals surface area contributed by atoms with Crippen molar-refractivity contribution in [2.24, 2.45) is 0 Å². The molecular formula is C14H13N5S. The van der Waals surface area contributed by atoms with E-state index in [2.05, 4.69) is 20.3 Å². The Hall–Kier alpha value is -2.34. The predicted molar refractivity (Wildman–Crippen MR) is 83.3 cm³/mol. The summed E-state index contributed by atoms with van der Waals surface area (Å²) in [4.78, 5) is 12.7. The number of hydrogen-bond donors (Lipinski definition) is 2. The molecule has 0 fully saturated rings. The zero-order valence-electron chi connectivity index (χ0n) is 10.9. The molecule has 0 amide bonds. The number of pyridine rings is 1. The van der Waals surface area contributed by atoms with Crippen LogP contribution in [0.4, 0.5) is 17.3 Å². The quantitative estimate of drug-likeness (QED) is 0.568. The molecule has 6 heteroatoms. The van der Waals surface area contributed by atoms with E-state index in [0.29, 0.717) is 16.8 Å². The lowest BCUT2D eigenvalue weighted by Gasteiger charge is -2.10. The molecule has 0 unspecified atom stereocenters. The summed E-state index contributed by atoms with van der Waals surface area (Å²) in [6, 6.07) is 9.69. The maximum atomic E-state index is 5.79. The SMILES string of the molecule is CSc1nc(N)cc(Nc2cccc3cnccc23)n1. The van der Waals surface area contributed by atoms with Crippen molar-refractivity contribution in [3.05, 3.63) is 42.7 Å². The molecule has 3 rings (SSSR count). The van der Waals surface area contributed by atoms with Crippen LogP contribution in [0.3, 0.4) is 0 Å². The normalized spacial score (nSPS) is 10.7. The summed E-state index contributed by atoms with van der Waals surface area (Å²) in [5.41, 5.74) is 6.75. The monoisotopic (exact) mass is 283 g/mol. The second-order valence-corrected chi connectivity index (χ2v) is 4.97. The van der Waals surface area contributed by atoms with Gasteiger partial charge >= 0.3 is 0 Å². The van der Waals surface area contributed by atoms with Crippen LogP contribution in [0.2, 0.25) is 0 Å². The van der Waals surface area contributed by atoms with E-state index in [4.69, 9.17) is 5.73 Å². The number of aromatic nitrogens is 3. The minimum Gasteiger partial charge on any atom is -0.383 e. The van der Waals surface area contributed by atoms with E-state index in [1.54, 1.807) is 12.3 Å². The van der Waals surface area contributed by atoms with Crippen LogP contribution in [0.25, 0.3) is 10.8 Å². The first kappa shape index (κ1) is 12.7. The summed E-state index contributed by atoms with van der Waals surface area (Å²) in [5, 5.41) is 6.10. The van der Waals surface area contributed by atoms with E-state index in [-0.39, 0.29) is 0 Å². The Morgan fingerprint density at radius 2 is 2.10 bits per heavy atom. The highest BCUT2D eigenvalue weighted by Crippen LogP contribution is 2.26. The largest absolute Gasteiger partial charge is 0.383 e. The number of nitrogens with zero attached hydrogens (tertiary/aromatic N) is 3. The van der Waals surface area contributed by atoms with Crippen molar-refractivity contribution in [1.82, 2.24) is 15.0 Å². The summed E-state index contributed by atoms with van der Waals surface area (Å²) in [6.45, 7) is 0. The first-order valence-corrected chi connectivity index (χ1v) is 7.27. The van der Waals surface area contributed by atoms with Crippen LogP contribution in [0.5, 0.6) is 0 Å². The van der Waals surface area contributed by atoms with Crippen molar-refractivity contribution in [3.63, 3.8) is 0 Å². The number of hydrogen-bond acceptors (Lipinski definition) is 6. The van der Waals surface area contributed by atoms with Crippen molar-refractivity contribution < 1.29 is 0 Å². The van der Waals surface area contributed by atoms with E-state index >= 15 is 0 Å². The standard InChI is InChI=1S/C14H13N5S/c1-20-14-18-12(15)7-13(19-14)17-11-4-2-3-9-8-16-6-5-10(9)11/h2-8H,1H3,(H3,15,17,18,19). The average Bonchev–Trinajstić information content (AvgIpc) is 2.47. The van der Waals surface area contributed by atoms with Gasteiger partial charge in [-0.25, -0.2) is 9.97 Å². The zero-order valence-corrected chi connectivity index (χ0v) is 11.7. The third-order valence-corrected chi connectivity index (χ3v) is 3.40. The Balaban J connectivity index is 2.03. The van der Waals surface area contributed by atoms with Crippen molar-refractivity contribution >= 4 is 39.9 Å². The molecule has 0 aliphatic heterocycles. The Bertz CT molecular complexity index is 754. The number of anilines is 3. The number of nitrogen functional groups attached to an aromatic ring is 1. The van der Waals surface area contributed by atoms with Gasteiger partial charge in [-0.05, 0) is 18.4 Å². The molecule has 3 aromatic rings. The fourth-order valence-corrected chi connectivity index (χ4v) is 2.35. The highest BCUT2D eigenvalue weighted by molar-refractivity contribution is 7.98. The molecule has 1 aromatic carbocycles. The minimum absolute atomic E-state index is 0.453. The Morgan fingerprint density at radius 1 is 1.20 bits per heavy atom. The number of fused-ring (bicyclic) bond motifs is 1. The second-order valence-electron chi connectivity index (χ2n) is 4.19. The van der Waals surface area contributed by atoms with Gasteiger partial charge in [0.2, 0.25) is 0 Å². The smallest absolute Gasteiger partial charge is 0.191 e. The summed E-state index contributed by atoms with van der Waals surface area (Å²) in [7, 11) is 0. The molecule has 3 N–H and O–H groups in total. The Labute approximate surface area is 120 Å². The molecule has 2 heterocycles. The Morgan fingerprint density at radius 3 is 2.95 bits per heavy atom. The van der Waals surface area contributed by atoms with E-state index in [1.165, 1.54) is 11.8 Å². The topological polar surface area (TPSA) is 76.7 Å². The lowest BCUT2D eigenvalue weighted by molar-refractivity contribution is 0.985. The number of nitrogens with one attached hydrogen (secondary N) is 1. The molecule has 0 aliphatic rings. The predicted octanol–water partition coefficient (Wildman–Crippen LogP) is 3.07. The summed E-state index contributed by atoms with van der Waals surface area (Å²) in [5.74, 6) is 1.14. The van der Waals surface area contributed by atoms with Gasteiger partial charge in [-0.2, -0.15) is 0 Å². The summed E-state index contributed by atoms with van der Waals surface area (Å²) >= 11 is 1.46. The van der Waals surface area contributed by atoms with Gasteiger partial charge in [0.25, 0.3) is 0 Å². The molecule has 0 saturated carbocycles. The van der Waals surface area contributed by atoms with Crippen LogP contribution in [0, 0.1) is 0 Å². The molecule has 20 heavy (non-hydrogen) atoms. The first-order chi connectivity index (χ1) is 9.76. The maximum absolute atomic E-state index is 5.79. The zero-order chi connectivity index (χ0) is 13.9. The van der Waals surface area contributed by atoms with Crippen LogP contribution in [0.1, 0.15) is 0 Å². The Kier molecular flexibility index (Phi) is 3.39. The molecular weight excluding hydrogens is 270 g/mol. The average molecular weight is 283 g/mol. The van der Waals surface area contributed by atoms with Crippen LogP contribution >= 0.6 is 11.8 Å². The van der Waals surface area contributed by atoms with Gasteiger partial charge in [0, 0.05) is 34.9 Å². The van der Waals surface area contributed by atoms with Gasteiger partial charge in [0.15, 0.2) is 5.16 Å². The van der Waals surface area contributed by atoms with Gasteiger partial charge < -0.3 is 11.1 Å². The summed E-state index contributed by atoms with van der Waals surface area (Å²) in [6.07, 6.45) is 5.53. The molecule has 0 radical (unpaired) electrons. The van der Waals surface area contributed by atoms with E-state index < -0.39 is 0 Å². The third-order valence-electron chi connectivity index (χ3n) is 2.85. The molecule has 0 spiro atoms. The van der Waals surface area contributed by atoms with Crippen LogP contribution in [-0.4, -0.2) is 21.2 Å². The lowest BCUT2D eigenvalue weighted by atomic mass is 10.1. The van der Waals surface area contributed by atoms with Crippen molar-refractivity contribution in [2.45, 2.75) is 5.16 Å². The fraction of sp³-hybridized carbons (Fsp3) is 0.0714. The molecule has 0 aliphatic carbocycles. The van der Waals surface area contributed by atoms with Gasteiger partial charge in [-0.1, -0.05) is 23.9 Å². The second kappa shape index (κ2) is 5.34. The summed E-state index contributed by atoms with van der Waals surface area (Å²) < 4.78 is 0. The van der Waals surface area contributed by atoms with Crippen LogP contribution < -0.4 is 11.1 Å². The van der Waals surface area contributed by atoms with Crippen LogP contribution in [-0.2, 0) is 0 Å². The van der Waals surface area contributed by atoms with Gasteiger partial charge in [-0.15, -0.1) is 0 Å². The fourth-order valence-electron chi connectivity index (χ4n) is 1.97. The first-order valence-electron chi connectivity index (χ1n) is 6.04. The van der Waals surface area contributed by atoms with Crippen LogP contribution in [0.15, 0.2) is 47.9 Å². The number of rotatable bonds is 3. The maximum Gasteiger partial charge on any atom is 0.191 e. The van der Waals surface area contributed by atoms with Gasteiger partial charge in [0.1, 0.15) is 11.6 Å². The molecule has 5 nitrogen and oxygen atoms in total. The number of thioether (sulfide) groups is 1. The van der Waals surface area contributed by atoms with E-state index in [1.807, 2.05) is 36.7 Å².